The predicted octanol–water partition coefficient (Wildman–Crippen LogP) is 3.83. The zero-order chi connectivity index (χ0) is 24.0. The predicted molar refractivity (Wildman–Crippen MR) is 128 cm³/mol. The molecule has 2 aromatic heterocycles. The highest BCUT2D eigenvalue weighted by Crippen LogP contribution is 2.45. The smallest absolute Gasteiger partial charge is 0.341 e. The Labute approximate surface area is 197 Å². The van der Waals surface area contributed by atoms with Gasteiger partial charge in [0.15, 0.2) is 0 Å². The summed E-state index contributed by atoms with van der Waals surface area (Å²) >= 11 is 0. The molecule has 8 heteroatoms. The van der Waals surface area contributed by atoms with E-state index in [0.29, 0.717) is 23.6 Å². The van der Waals surface area contributed by atoms with Crippen LogP contribution in [0.25, 0.3) is 10.9 Å². The van der Waals surface area contributed by atoms with Crippen molar-refractivity contribution >= 4 is 22.6 Å². The van der Waals surface area contributed by atoms with Gasteiger partial charge in [0.05, 0.1) is 22.8 Å². The highest BCUT2D eigenvalue weighted by molar-refractivity contribution is 5.94. The van der Waals surface area contributed by atoms with Crippen LogP contribution >= 0.6 is 0 Å². The van der Waals surface area contributed by atoms with Crippen LogP contribution in [0.2, 0.25) is 0 Å². The summed E-state index contributed by atoms with van der Waals surface area (Å²) in [5.41, 5.74) is 1.68. The molecule has 1 aliphatic carbocycles. The number of nitriles is 1. The van der Waals surface area contributed by atoms with Crippen molar-refractivity contribution in [2.75, 3.05) is 18.1 Å². The number of carboxylic acids is 1. The van der Waals surface area contributed by atoms with E-state index in [4.69, 9.17) is 4.74 Å². The van der Waals surface area contributed by atoms with E-state index in [0.717, 1.165) is 43.5 Å². The highest BCUT2D eigenvalue weighted by atomic mass is 16.5. The molecule has 1 N–H and O–H groups in total. The first-order valence-corrected chi connectivity index (χ1v) is 11.5. The van der Waals surface area contributed by atoms with Crippen LogP contribution in [0.5, 0.6) is 5.88 Å². The number of aryl methyl sites for hydroxylation is 1. The molecule has 3 heterocycles. The third-order valence-electron chi connectivity index (χ3n) is 7.09. The number of hydrogen-bond donors (Lipinski definition) is 1. The Morgan fingerprint density at radius 1 is 1.38 bits per heavy atom. The second-order valence-corrected chi connectivity index (χ2v) is 9.47. The number of carboxylic acid groups (broad SMARTS) is 1. The summed E-state index contributed by atoms with van der Waals surface area (Å²) in [6, 6.07) is 9.55. The van der Waals surface area contributed by atoms with E-state index in [2.05, 4.69) is 22.9 Å². The molecule has 1 saturated heterocycles. The molecule has 8 nitrogen and oxygen atoms in total. The third kappa shape index (κ3) is 3.67. The largest absolute Gasteiger partial charge is 0.477 e. The molecule has 34 heavy (non-hydrogen) atoms. The molecule has 0 spiro atoms. The Morgan fingerprint density at radius 2 is 2.18 bits per heavy atom. The van der Waals surface area contributed by atoms with Gasteiger partial charge in [-0.15, -0.1) is 0 Å². The maximum absolute atomic E-state index is 13.0. The number of nitrogens with zero attached hydrogens (tertiary/aromatic N) is 4. The summed E-state index contributed by atoms with van der Waals surface area (Å²) < 4.78 is 7.94. The van der Waals surface area contributed by atoms with Gasteiger partial charge >= 0.3 is 5.97 Å². The molecule has 0 unspecified atom stereocenters. The minimum atomic E-state index is -1.26. The number of aromatic nitrogens is 2. The van der Waals surface area contributed by atoms with Gasteiger partial charge in [-0.3, -0.25) is 4.79 Å². The van der Waals surface area contributed by atoms with E-state index in [9.17, 15) is 20.0 Å². The monoisotopic (exact) mass is 458 g/mol. The lowest BCUT2D eigenvalue weighted by molar-refractivity contribution is 0.0694. The first kappa shape index (κ1) is 22.0. The lowest BCUT2D eigenvalue weighted by Gasteiger charge is -2.29. The number of carbonyl (C=O) groups is 1. The number of hydrogen-bond acceptors (Lipinski definition) is 6. The Morgan fingerprint density at radius 3 is 2.85 bits per heavy atom. The van der Waals surface area contributed by atoms with E-state index in [1.165, 1.54) is 6.20 Å². The van der Waals surface area contributed by atoms with Gasteiger partial charge in [-0.05, 0) is 57.7 Å². The molecule has 1 atom stereocenters. The van der Waals surface area contributed by atoms with Crippen LogP contribution in [0.1, 0.15) is 54.1 Å². The number of fused-ring (bicyclic) bond motifs is 1. The average Bonchev–Trinajstić information content (AvgIpc) is 3.39. The zero-order valence-electron chi connectivity index (χ0n) is 19.2. The van der Waals surface area contributed by atoms with Gasteiger partial charge in [0.1, 0.15) is 18.2 Å². The van der Waals surface area contributed by atoms with Gasteiger partial charge in [0.25, 0.3) is 0 Å². The van der Waals surface area contributed by atoms with E-state index < -0.39 is 11.4 Å². The van der Waals surface area contributed by atoms with Crippen molar-refractivity contribution in [2.24, 2.45) is 0 Å². The van der Waals surface area contributed by atoms with Gasteiger partial charge in [0.2, 0.25) is 11.3 Å². The first-order valence-electron chi connectivity index (χ1n) is 11.5. The number of ether oxygens (including phenoxy) is 1. The molecular weight excluding hydrogens is 432 g/mol. The molecule has 0 bridgehead atoms. The fraction of sp³-hybridized carbons (Fsp3) is 0.385. The maximum Gasteiger partial charge on any atom is 0.341 e. The molecule has 0 radical (unpaired) electrons. The maximum atomic E-state index is 13.0. The Hall–Kier alpha value is -3.86. The fourth-order valence-corrected chi connectivity index (χ4v) is 4.83. The summed E-state index contributed by atoms with van der Waals surface area (Å²) in [7, 11) is 0. The van der Waals surface area contributed by atoms with Gasteiger partial charge in [0, 0.05) is 35.4 Å². The van der Waals surface area contributed by atoms with Gasteiger partial charge in [-0.1, -0.05) is 6.07 Å². The molecule has 1 aromatic carbocycles. The van der Waals surface area contributed by atoms with Gasteiger partial charge < -0.3 is 19.3 Å². The van der Waals surface area contributed by atoms with Crippen LogP contribution in [0, 0.1) is 18.3 Å². The standard InChI is InChI=1S/C26H26N4O4/c1-16-5-3-9-28-24(16)34-15-18-6-4-10-29(18)21-12-22-19(11-17(21)13-27)23(31)20(25(32)33)14-30(22)26(2)7-8-26/h3,5,9,11-12,14,18H,4,6-8,10,15H2,1-2H3,(H,32,33)/t18-/m1/s1. The Bertz CT molecular complexity index is 1400. The summed E-state index contributed by atoms with van der Waals surface area (Å²) in [4.78, 5) is 31.2. The van der Waals surface area contributed by atoms with E-state index >= 15 is 0 Å². The van der Waals surface area contributed by atoms with Crippen LogP contribution in [-0.4, -0.2) is 39.8 Å². The summed E-state index contributed by atoms with van der Waals surface area (Å²) in [5.74, 6) is -0.654. The summed E-state index contributed by atoms with van der Waals surface area (Å²) in [5, 5.41) is 19.8. The van der Waals surface area contributed by atoms with Gasteiger partial charge in [-0.2, -0.15) is 5.26 Å². The Balaban J connectivity index is 1.58. The molecule has 5 rings (SSSR count). The number of benzene rings is 1. The molecule has 0 amide bonds. The second-order valence-electron chi connectivity index (χ2n) is 9.47. The SMILES string of the molecule is Cc1cccnc1OC[C@H]1CCCN1c1cc2c(cc1C#N)c(=O)c(C(=O)O)cn2C1(C)CC1. The minimum Gasteiger partial charge on any atom is -0.477 e. The first-order chi connectivity index (χ1) is 16.3. The Kier molecular flexibility index (Phi) is 5.28. The van der Waals surface area contributed by atoms with Crippen molar-refractivity contribution in [3.05, 3.63) is 63.6 Å². The summed E-state index contributed by atoms with van der Waals surface area (Å²) in [6.07, 6.45) is 6.85. The lowest BCUT2D eigenvalue weighted by atomic mass is 10.0. The van der Waals surface area contributed by atoms with Crippen molar-refractivity contribution in [1.82, 2.24) is 9.55 Å². The summed E-state index contributed by atoms with van der Waals surface area (Å²) in [6.45, 7) is 5.21. The number of rotatable bonds is 6. The van der Waals surface area contributed by atoms with Crippen LogP contribution < -0.4 is 15.1 Å². The van der Waals surface area contributed by atoms with Crippen LogP contribution in [0.4, 0.5) is 5.69 Å². The minimum absolute atomic E-state index is 0.0564. The van der Waals surface area contributed by atoms with Crippen LogP contribution in [0.15, 0.2) is 41.5 Å². The van der Waals surface area contributed by atoms with E-state index in [-0.39, 0.29) is 22.5 Å². The normalized spacial score (nSPS) is 18.6. The second kappa shape index (κ2) is 8.17. The fourth-order valence-electron chi connectivity index (χ4n) is 4.83. The van der Waals surface area contributed by atoms with Crippen LogP contribution in [-0.2, 0) is 5.54 Å². The van der Waals surface area contributed by atoms with E-state index in [1.807, 2.05) is 29.7 Å². The lowest BCUT2D eigenvalue weighted by Crippen LogP contribution is -2.35. The number of anilines is 1. The van der Waals surface area contributed by atoms with Crippen molar-refractivity contribution in [2.45, 2.75) is 51.1 Å². The third-order valence-corrected chi connectivity index (χ3v) is 7.09. The molecule has 2 fully saturated rings. The molecular formula is C26H26N4O4. The van der Waals surface area contributed by atoms with Crippen molar-refractivity contribution in [1.29, 1.82) is 5.26 Å². The number of pyridine rings is 2. The molecule has 3 aromatic rings. The molecule has 1 aliphatic heterocycles. The topological polar surface area (TPSA) is 108 Å². The molecule has 2 aliphatic rings. The number of aromatic carboxylic acids is 1. The van der Waals surface area contributed by atoms with Gasteiger partial charge in [-0.25, -0.2) is 9.78 Å². The van der Waals surface area contributed by atoms with Crippen LogP contribution in [0.3, 0.4) is 0 Å². The van der Waals surface area contributed by atoms with Crippen molar-refractivity contribution in [3.63, 3.8) is 0 Å². The van der Waals surface area contributed by atoms with Crippen molar-refractivity contribution in [3.8, 4) is 11.9 Å². The quantitative estimate of drug-likeness (QED) is 0.598. The highest BCUT2D eigenvalue weighted by Gasteiger charge is 2.40. The zero-order valence-corrected chi connectivity index (χ0v) is 19.2. The average molecular weight is 459 g/mol. The van der Waals surface area contributed by atoms with E-state index in [1.54, 1.807) is 12.3 Å². The van der Waals surface area contributed by atoms with Crippen molar-refractivity contribution < 1.29 is 14.6 Å². The molecule has 1 saturated carbocycles. The molecule has 174 valence electrons.